The van der Waals surface area contributed by atoms with Crippen molar-refractivity contribution in [1.82, 2.24) is 5.32 Å². The Labute approximate surface area is 105 Å². The van der Waals surface area contributed by atoms with Gasteiger partial charge in [-0.05, 0) is 52.5 Å². The van der Waals surface area contributed by atoms with Gasteiger partial charge in [0.05, 0.1) is 0 Å². The van der Waals surface area contributed by atoms with E-state index >= 15 is 0 Å². The molecule has 0 amide bonds. The van der Waals surface area contributed by atoms with Gasteiger partial charge in [-0.3, -0.25) is 0 Å². The maximum absolute atomic E-state index is 5.60. The van der Waals surface area contributed by atoms with E-state index in [0.29, 0.717) is 12.1 Å². The molecule has 0 saturated heterocycles. The molecule has 1 heterocycles. The lowest BCUT2D eigenvalue weighted by molar-refractivity contribution is 0.350. The molecule has 96 valence electrons. The largest absolute Gasteiger partial charge is 0.466 e. The third-order valence-electron chi connectivity index (χ3n) is 4.17. The average molecular weight is 235 g/mol. The summed E-state index contributed by atoms with van der Waals surface area (Å²) in [6, 6.07) is 3.17. The van der Waals surface area contributed by atoms with Crippen LogP contribution in [0.5, 0.6) is 0 Å². The van der Waals surface area contributed by atoms with Gasteiger partial charge in [0.1, 0.15) is 11.5 Å². The van der Waals surface area contributed by atoms with Crippen molar-refractivity contribution in [2.24, 2.45) is 5.92 Å². The molecule has 0 bridgehead atoms. The van der Waals surface area contributed by atoms with E-state index in [9.17, 15) is 0 Å². The lowest BCUT2D eigenvalue weighted by Crippen LogP contribution is -2.34. The molecule has 0 aromatic carbocycles. The van der Waals surface area contributed by atoms with Crippen molar-refractivity contribution in [3.05, 3.63) is 23.2 Å². The number of aryl methyl sites for hydroxylation is 2. The fraction of sp³-hybridized carbons (Fsp3) is 0.733. The second-order valence-corrected chi connectivity index (χ2v) is 5.59. The number of furan rings is 1. The topological polar surface area (TPSA) is 25.2 Å². The Morgan fingerprint density at radius 1 is 1.24 bits per heavy atom. The Bertz CT molecular complexity index is 363. The zero-order chi connectivity index (χ0) is 12.4. The Kier molecular flexibility index (Phi) is 3.93. The van der Waals surface area contributed by atoms with Crippen molar-refractivity contribution >= 4 is 0 Å². The minimum atomic E-state index is 0.392. The van der Waals surface area contributed by atoms with Gasteiger partial charge in [0, 0.05) is 17.6 Å². The Morgan fingerprint density at radius 3 is 2.41 bits per heavy atom. The van der Waals surface area contributed by atoms with Crippen LogP contribution < -0.4 is 5.32 Å². The Balaban J connectivity index is 1.96. The fourth-order valence-corrected chi connectivity index (χ4v) is 3.16. The van der Waals surface area contributed by atoms with Gasteiger partial charge in [0.25, 0.3) is 0 Å². The van der Waals surface area contributed by atoms with Crippen LogP contribution in [0.1, 0.15) is 62.7 Å². The van der Waals surface area contributed by atoms with Crippen LogP contribution in [0.3, 0.4) is 0 Å². The molecule has 2 heteroatoms. The van der Waals surface area contributed by atoms with Gasteiger partial charge in [0.2, 0.25) is 0 Å². The minimum Gasteiger partial charge on any atom is -0.466 e. The number of hydrogen-bond donors (Lipinski definition) is 1. The summed E-state index contributed by atoms with van der Waals surface area (Å²) in [5.74, 6) is 2.94. The summed E-state index contributed by atoms with van der Waals surface area (Å²) >= 11 is 0. The zero-order valence-corrected chi connectivity index (χ0v) is 11.5. The summed E-state index contributed by atoms with van der Waals surface area (Å²) in [6.45, 7) is 8.64. The minimum absolute atomic E-state index is 0.392. The highest BCUT2D eigenvalue weighted by atomic mass is 16.3. The molecule has 1 N–H and O–H groups in total. The maximum Gasteiger partial charge on any atom is 0.105 e. The van der Waals surface area contributed by atoms with Crippen LogP contribution in [0.15, 0.2) is 10.5 Å². The van der Waals surface area contributed by atoms with Gasteiger partial charge in [-0.1, -0.05) is 12.8 Å². The highest BCUT2D eigenvalue weighted by Crippen LogP contribution is 2.29. The zero-order valence-electron chi connectivity index (χ0n) is 11.5. The summed E-state index contributed by atoms with van der Waals surface area (Å²) in [6.07, 6.45) is 5.61. The second kappa shape index (κ2) is 5.26. The first-order valence-corrected chi connectivity index (χ1v) is 6.91. The summed E-state index contributed by atoms with van der Waals surface area (Å²) in [4.78, 5) is 0. The monoisotopic (exact) mass is 235 g/mol. The Morgan fingerprint density at radius 2 is 1.88 bits per heavy atom. The van der Waals surface area contributed by atoms with Crippen molar-refractivity contribution in [3.63, 3.8) is 0 Å². The predicted molar refractivity (Wildman–Crippen MR) is 71.2 cm³/mol. The van der Waals surface area contributed by atoms with Crippen molar-refractivity contribution in [1.29, 1.82) is 0 Å². The summed E-state index contributed by atoms with van der Waals surface area (Å²) < 4.78 is 5.60. The lowest BCUT2D eigenvalue weighted by Gasteiger charge is -2.24. The fourth-order valence-electron chi connectivity index (χ4n) is 3.16. The molecule has 1 fully saturated rings. The molecule has 0 spiro atoms. The molecule has 1 saturated carbocycles. The van der Waals surface area contributed by atoms with Crippen LogP contribution in [0.2, 0.25) is 0 Å². The molecule has 2 atom stereocenters. The van der Waals surface area contributed by atoms with Gasteiger partial charge in [-0.25, -0.2) is 0 Å². The van der Waals surface area contributed by atoms with Crippen LogP contribution in [0.25, 0.3) is 0 Å². The first-order chi connectivity index (χ1) is 8.08. The molecular weight excluding hydrogens is 210 g/mol. The lowest BCUT2D eigenvalue weighted by atomic mass is 9.98. The van der Waals surface area contributed by atoms with Gasteiger partial charge in [-0.2, -0.15) is 0 Å². The van der Waals surface area contributed by atoms with Crippen LogP contribution in [-0.4, -0.2) is 6.04 Å². The molecule has 0 radical (unpaired) electrons. The van der Waals surface area contributed by atoms with E-state index in [0.717, 1.165) is 17.4 Å². The first-order valence-electron chi connectivity index (χ1n) is 6.91. The Hall–Kier alpha value is -0.760. The molecular formula is C15H25NO. The van der Waals surface area contributed by atoms with Crippen molar-refractivity contribution in [2.75, 3.05) is 0 Å². The molecule has 1 aromatic rings. The van der Waals surface area contributed by atoms with Crippen LogP contribution >= 0.6 is 0 Å². The predicted octanol–water partition coefficient (Wildman–Crippen LogP) is 4.13. The third kappa shape index (κ3) is 2.92. The van der Waals surface area contributed by atoms with Crippen molar-refractivity contribution < 1.29 is 4.42 Å². The van der Waals surface area contributed by atoms with Crippen molar-refractivity contribution in [3.8, 4) is 0 Å². The van der Waals surface area contributed by atoms with Crippen LogP contribution in [-0.2, 0) is 0 Å². The molecule has 2 nitrogen and oxygen atoms in total. The maximum atomic E-state index is 5.60. The van der Waals surface area contributed by atoms with E-state index < -0.39 is 0 Å². The van der Waals surface area contributed by atoms with Crippen molar-refractivity contribution in [2.45, 2.75) is 65.5 Å². The standard InChI is InChI=1S/C15H25NO/c1-10-9-15(13(4)17-10)12(3)16-11(2)14-7-5-6-8-14/h9,11-12,14,16H,5-8H2,1-4H3/t11-,12?/m1/s1. The summed E-state index contributed by atoms with van der Waals surface area (Å²) in [5.41, 5.74) is 1.31. The highest BCUT2D eigenvalue weighted by Gasteiger charge is 2.23. The normalized spacial score (nSPS) is 20.7. The average Bonchev–Trinajstić information content (AvgIpc) is 2.87. The second-order valence-electron chi connectivity index (χ2n) is 5.59. The smallest absolute Gasteiger partial charge is 0.105 e. The van der Waals surface area contributed by atoms with E-state index in [4.69, 9.17) is 4.42 Å². The SMILES string of the molecule is Cc1cc(C(C)N[C@H](C)C2CCCC2)c(C)o1. The number of nitrogens with one attached hydrogen (secondary N) is 1. The quantitative estimate of drug-likeness (QED) is 0.849. The summed E-state index contributed by atoms with van der Waals surface area (Å²) in [7, 11) is 0. The van der Waals surface area contributed by atoms with E-state index in [2.05, 4.69) is 32.2 Å². The van der Waals surface area contributed by atoms with E-state index in [1.807, 2.05) is 6.92 Å². The molecule has 2 rings (SSSR count). The molecule has 0 aliphatic heterocycles. The molecule has 1 aliphatic carbocycles. The third-order valence-corrected chi connectivity index (χ3v) is 4.17. The first kappa shape index (κ1) is 12.7. The number of hydrogen-bond acceptors (Lipinski definition) is 2. The number of rotatable bonds is 4. The van der Waals surface area contributed by atoms with Gasteiger partial charge in [-0.15, -0.1) is 0 Å². The summed E-state index contributed by atoms with van der Waals surface area (Å²) in [5, 5.41) is 3.73. The van der Waals surface area contributed by atoms with E-state index in [1.165, 1.54) is 31.2 Å². The molecule has 17 heavy (non-hydrogen) atoms. The van der Waals surface area contributed by atoms with Gasteiger partial charge in [0.15, 0.2) is 0 Å². The van der Waals surface area contributed by atoms with Gasteiger partial charge < -0.3 is 9.73 Å². The molecule has 1 aliphatic rings. The van der Waals surface area contributed by atoms with E-state index in [-0.39, 0.29) is 0 Å². The molecule has 1 aromatic heterocycles. The molecule has 1 unspecified atom stereocenters. The van der Waals surface area contributed by atoms with E-state index in [1.54, 1.807) is 0 Å². The van der Waals surface area contributed by atoms with Crippen LogP contribution in [0.4, 0.5) is 0 Å². The highest BCUT2D eigenvalue weighted by molar-refractivity contribution is 5.23. The van der Waals surface area contributed by atoms with Gasteiger partial charge >= 0.3 is 0 Å². The van der Waals surface area contributed by atoms with Crippen LogP contribution in [0, 0.1) is 19.8 Å².